The predicted molar refractivity (Wildman–Crippen MR) is 143 cm³/mol. The highest BCUT2D eigenvalue weighted by Crippen LogP contribution is 2.33. The number of anilines is 1. The molecule has 2 aromatic rings. The van der Waals surface area contributed by atoms with Crippen LogP contribution in [0.5, 0.6) is 0 Å². The molecule has 4 N–H and O–H groups in total. The van der Waals surface area contributed by atoms with E-state index in [9.17, 15) is 14.0 Å². The van der Waals surface area contributed by atoms with Gasteiger partial charge in [0.2, 0.25) is 0 Å². The van der Waals surface area contributed by atoms with Crippen molar-refractivity contribution >= 4 is 24.4 Å². The zero-order valence-corrected chi connectivity index (χ0v) is 22.0. The molecule has 4 aliphatic rings. The number of aryl methyl sites for hydroxylation is 1. The fourth-order valence-corrected chi connectivity index (χ4v) is 5.68. The summed E-state index contributed by atoms with van der Waals surface area (Å²) in [7, 11) is 2.12. The quantitative estimate of drug-likeness (QED) is 0.145. The topological polar surface area (TPSA) is 140 Å². The van der Waals surface area contributed by atoms with Crippen LogP contribution in [0.3, 0.4) is 0 Å². The summed E-state index contributed by atoms with van der Waals surface area (Å²) in [5, 5.41) is 4.56. The number of carbonyl (C=O) groups is 2. The minimum atomic E-state index is -0.430. The highest BCUT2D eigenvalue weighted by Gasteiger charge is 2.35. The number of carbonyl (C=O) groups excluding carboxylic acids is 2. The second-order valence-corrected chi connectivity index (χ2v) is 10.3. The smallest absolute Gasteiger partial charge is 0.338 e. The van der Waals surface area contributed by atoms with Gasteiger partial charge in [0, 0.05) is 61.4 Å². The Balaban J connectivity index is 0.000000169. The van der Waals surface area contributed by atoms with Crippen LogP contribution in [0.25, 0.3) is 0 Å². The first-order valence-corrected chi connectivity index (χ1v) is 13.1. The molecule has 0 radical (unpaired) electrons. The van der Waals surface area contributed by atoms with Gasteiger partial charge in [0.1, 0.15) is 24.3 Å². The van der Waals surface area contributed by atoms with Crippen molar-refractivity contribution in [3.05, 3.63) is 58.0 Å². The number of fused-ring (bicyclic) bond motifs is 3. The van der Waals surface area contributed by atoms with Gasteiger partial charge < -0.3 is 25.0 Å². The molecule has 6 rings (SSSR count). The van der Waals surface area contributed by atoms with Gasteiger partial charge in [-0.1, -0.05) is 12.1 Å². The van der Waals surface area contributed by atoms with Crippen LogP contribution in [0.15, 0.2) is 29.4 Å². The monoisotopic (exact) mass is 539 g/mol. The number of hydrogen-bond donors (Lipinski definition) is 2. The van der Waals surface area contributed by atoms with E-state index in [2.05, 4.69) is 26.9 Å². The maximum atomic E-state index is 14.9. The molecule has 0 saturated carbocycles. The number of hydrazone groups is 1. The normalized spacial score (nSPS) is 24.7. The van der Waals surface area contributed by atoms with Crippen LogP contribution < -0.4 is 16.7 Å². The van der Waals surface area contributed by atoms with E-state index >= 15 is 0 Å². The molecule has 3 unspecified atom stereocenters. The lowest BCUT2D eigenvalue weighted by Crippen LogP contribution is -2.57. The molecular weight excluding hydrogens is 505 g/mol. The van der Waals surface area contributed by atoms with Crippen LogP contribution in [-0.4, -0.2) is 85.9 Å². The average molecular weight is 540 g/mol. The minimum absolute atomic E-state index is 0.0223. The Morgan fingerprint density at radius 3 is 2.79 bits per heavy atom. The Labute approximate surface area is 226 Å². The molecule has 12 heteroatoms. The van der Waals surface area contributed by atoms with Crippen LogP contribution >= 0.6 is 0 Å². The van der Waals surface area contributed by atoms with Gasteiger partial charge in [-0.3, -0.25) is 4.90 Å². The van der Waals surface area contributed by atoms with Crippen molar-refractivity contribution in [2.45, 2.75) is 37.3 Å². The van der Waals surface area contributed by atoms with Gasteiger partial charge in [-0.05, 0) is 37.6 Å². The lowest BCUT2D eigenvalue weighted by molar-refractivity contribution is -0.109. The van der Waals surface area contributed by atoms with E-state index in [0.717, 1.165) is 50.0 Å². The van der Waals surface area contributed by atoms with Gasteiger partial charge in [-0.15, -0.1) is 0 Å². The number of nitrogens with two attached hydrogens (primary N) is 2. The standard InChI is InChI=1S/C17H21FN2O3.C10H13N5O/c1-19-5-6-20-9-15(23-10-11(20)8-19)14-3-2-13-12(16(14)18)4-7-22-17(13)21;11-13-6-15(12)10-4-2-8-7(5-16)1-3-9(8)14-10/h2-3,11,15H,4-10H2,1H3;2,4-7H,1,3,11-12H2/b;13-6-. The number of esters is 1. The van der Waals surface area contributed by atoms with Crippen LogP contribution in [-0.2, 0) is 27.1 Å². The number of aldehydes is 1. The molecule has 39 heavy (non-hydrogen) atoms. The number of morpholine rings is 1. The molecule has 2 fully saturated rings. The molecule has 208 valence electrons. The number of hydrazine groups is 1. The summed E-state index contributed by atoms with van der Waals surface area (Å²) in [5.41, 5.74) is 3.32. The van der Waals surface area contributed by atoms with E-state index in [-0.39, 0.29) is 24.4 Å². The highest BCUT2D eigenvalue weighted by molar-refractivity contribution is 5.92. The Bertz CT molecular complexity index is 1260. The highest BCUT2D eigenvalue weighted by atomic mass is 19.1. The van der Waals surface area contributed by atoms with Crippen molar-refractivity contribution in [2.75, 3.05) is 51.4 Å². The van der Waals surface area contributed by atoms with Gasteiger partial charge >= 0.3 is 5.97 Å². The molecular formula is C27H34FN7O4. The van der Waals surface area contributed by atoms with Gasteiger partial charge in [0.05, 0.1) is 24.9 Å². The fraction of sp³-hybridized carbons (Fsp3) is 0.481. The molecule has 2 saturated heterocycles. The number of likely N-dealkylation sites (N-methyl/N-ethyl adjacent to an activating group) is 1. The van der Waals surface area contributed by atoms with E-state index < -0.39 is 5.97 Å². The second-order valence-electron chi connectivity index (χ2n) is 10.3. The summed E-state index contributed by atoms with van der Waals surface area (Å²) >= 11 is 0. The van der Waals surface area contributed by atoms with Gasteiger partial charge in [0.25, 0.3) is 0 Å². The molecule has 1 aromatic carbocycles. The summed E-state index contributed by atoms with van der Waals surface area (Å²) < 4.78 is 25.8. The molecule has 1 aliphatic carbocycles. The first-order chi connectivity index (χ1) is 18.9. The number of aromatic nitrogens is 1. The fourth-order valence-electron chi connectivity index (χ4n) is 5.68. The number of benzene rings is 1. The Morgan fingerprint density at radius 1 is 1.18 bits per heavy atom. The van der Waals surface area contributed by atoms with Crippen LogP contribution in [0.4, 0.5) is 10.2 Å². The third-order valence-electron chi connectivity index (χ3n) is 7.83. The number of pyridine rings is 1. The summed E-state index contributed by atoms with van der Waals surface area (Å²) in [6.07, 6.45) is 4.04. The van der Waals surface area contributed by atoms with Crippen molar-refractivity contribution in [3.8, 4) is 0 Å². The molecule has 3 aliphatic heterocycles. The molecule has 0 spiro atoms. The number of rotatable bonds is 4. The van der Waals surface area contributed by atoms with Gasteiger partial charge in [-0.2, -0.15) is 5.10 Å². The Kier molecular flexibility index (Phi) is 8.17. The molecule has 1 aromatic heterocycles. The predicted octanol–water partition coefficient (Wildman–Crippen LogP) is 1.12. The Hall–Kier alpha value is -3.45. The third-order valence-corrected chi connectivity index (χ3v) is 7.83. The zero-order valence-electron chi connectivity index (χ0n) is 22.0. The van der Waals surface area contributed by atoms with Crippen molar-refractivity contribution in [2.24, 2.45) is 16.8 Å². The van der Waals surface area contributed by atoms with Crippen molar-refractivity contribution in [3.63, 3.8) is 0 Å². The lowest BCUT2D eigenvalue weighted by atomic mass is 9.95. The number of hydrogen-bond acceptors (Lipinski definition) is 10. The van der Waals surface area contributed by atoms with E-state index in [1.54, 1.807) is 18.2 Å². The summed E-state index contributed by atoms with van der Waals surface area (Å²) in [6.45, 7) is 4.58. The SMILES string of the molecule is CN1CCN2CC(c3ccc4c(c3F)CCOC4=O)OCC2C1.N/N=C\N(N)c1ccc2c(n1)CCC2C=O. The van der Waals surface area contributed by atoms with E-state index in [1.165, 1.54) is 11.3 Å². The van der Waals surface area contributed by atoms with Gasteiger partial charge in [-0.25, -0.2) is 25.0 Å². The Morgan fingerprint density at radius 2 is 2.00 bits per heavy atom. The lowest BCUT2D eigenvalue weighted by Gasteiger charge is -2.45. The van der Waals surface area contributed by atoms with Crippen LogP contribution in [0.2, 0.25) is 0 Å². The summed E-state index contributed by atoms with van der Waals surface area (Å²) in [6, 6.07) is 7.38. The van der Waals surface area contributed by atoms with Crippen molar-refractivity contribution < 1.29 is 23.5 Å². The zero-order chi connectivity index (χ0) is 27.5. The van der Waals surface area contributed by atoms with E-state index in [0.29, 0.717) is 48.1 Å². The maximum Gasteiger partial charge on any atom is 0.338 e. The number of ether oxygens (including phenoxy) is 2. The summed E-state index contributed by atoms with van der Waals surface area (Å²) in [4.78, 5) is 31.6. The summed E-state index contributed by atoms with van der Waals surface area (Å²) in [5.74, 6) is 10.5. The van der Waals surface area contributed by atoms with Gasteiger partial charge in [0.15, 0.2) is 0 Å². The molecule has 0 amide bonds. The molecule has 0 bridgehead atoms. The van der Waals surface area contributed by atoms with E-state index in [4.69, 9.17) is 21.2 Å². The minimum Gasteiger partial charge on any atom is -0.462 e. The number of piperazine rings is 1. The molecule has 4 heterocycles. The van der Waals surface area contributed by atoms with Crippen molar-refractivity contribution in [1.29, 1.82) is 0 Å². The first-order valence-electron chi connectivity index (χ1n) is 13.1. The van der Waals surface area contributed by atoms with Crippen LogP contribution in [0, 0.1) is 5.82 Å². The number of nitrogens with zero attached hydrogens (tertiary/aromatic N) is 5. The largest absolute Gasteiger partial charge is 0.462 e. The average Bonchev–Trinajstić information content (AvgIpc) is 3.36. The number of cyclic esters (lactones) is 1. The maximum absolute atomic E-state index is 14.9. The number of halogens is 1. The van der Waals surface area contributed by atoms with Crippen molar-refractivity contribution in [1.82, 2.24) is 14.8 Å². The van der Waals surface area contributed by atoms with Crippen LogP contribution in [0.1, 0.15) is 51.2 Å². The van der Waals surface area contributed by atoms with E-state index in [1.807, 2.05) is 6.07 Å². The second kappa shape index (κ2) is 11.7. The third kappa shape index (κ3) is 5.64. The first kappa shape index (κ1) is 27.1. The molecule has 3 atom stereocenters. The molecule has 11 nitrogen and oxygen atoms in total.